The summed E-state index contributed by atoms with van der Waals surface area (Å²) in [6.45, 7) is 3.11. The lowest BCUT2D eigenvalue weighted by atomic mass is 9.97. The van der Waals surface area contributed by atoms with Gasteiger partial charge in [0.25, 0.3) is 0 Å². The maximum atomic E-state index is 12.3. The highest BCUT2D eigenvalue weighted by atomic mass is 16.2. The highest BCUT2D eigenvalue weighted by Crippen LogP contribution is 2.21. The zero-order chi connectivity index (χ0) is 16.2. The van der Waals surface area contributed by atoms with Crippen molar-refractivity contribution in [1.82, 2.24) is 9.88 Å². The van der Waals surface area contributed by atoms with Crippen molar-refractivity contribution in [2.75, 3.05) is 36.4 Å². The van der Waals surface area contributed by atoms with Crippen LogP contribution in [0.15, 0.2) is 18.3 Å². The lowest BCUT2D eigenvalue weighted by molar-refractivity contribution is -0.121. The minimum Gasteiger partial charge on any atom is -0.357 e. The van der Waals surface area contributed by atoms with Crippen molar-refractivity contribution in [3.8, 4) is 0 Å². The fraction of sp³-hybridized carbons (Fsp3) is 0.562. The molecule has 0 unspecified atom stereocenters. The second-order valence-corrected chi connectivity index (χ2v) is 6.21. The number of nitrogens with one attached hydrogen (secondary N) is 1. The van der Waals surface area contributed by atoms with E-state index in [0.29, 0.717) is 18.8 Å². The predicted molar refractivity (Wildman–Crippen MR) is 88.2 cm³/mol. The number of pyridine rings is 1. The van der Waals surface area contributed by atoms with Gasteiger partial charge in [0, 0.05) is 26.2 Å². The summed E-state index contributed by atoms with van der Waals surface area (Å²) in [7, 11) is 0. The van der Waals surface area contributed by atoms with Gasteiger partial charge in [-0.2, -0.15) is 0 Å². The summed E-state index contributed by atoms with van der Waals surface area (Å²) in [5.41, 5.74) is 5.99. The monoisotopic (exact) mass is 317 g/mol. The molecule has 2 aliphatic heterocycles. The van der Waals surface area contributed by atoms with Crippen LogP contribution in [0.25, 0.3) is 0 Å². The maximum absolute atomic E-state index is 12.3. The molecule has 3 rings (SSSR count). The summed E-state index contributed by atoms with van der Waals surface area (Å²) < 4.78 is 0. The first-order valence-corrected chi connectivity index (χ1v) is 8.20. The van der Waals surface area contributed by atoms with Gasteiger partial charge < -0.3 is 20.9 Å². The van der Waals surface area contributed by atoms with Gasteiger partial charge in [-0.25, -0.2) is 9.78 Å². The topological polar surface area (TPSA) is 91.6 Å². The molecule has 3 N–H and O–H groups in total. The van der Waals surface area contributed by atoms with Gasteiger partial charge in [0.2, 0.25) is 5.91 Å². The summed E-state index contributed by atoms with van der Waals surface area (Å²) in [4.78, 5) is 31.8. The van der Waals surface area contributed by atoms with Gasteiger partial charge in [0.05, 0.1) is 17.8 Å². The van der Waals surface area contributed by atoms with Gasteiger partial charge in [-0.05, 0) is 37.8 Å². The van der Waals surface area contributed by atoms with Gasteiger partial charge in [-0.3, -0.25) is 4.79 Å². The van der Waals surface area contributed by atoms with E-state index in [1.807, 2.05) is 12.1 Å². The summed E-state index contributed by atoms with van der Waals surface area (Å²) in [5, 5.41) is 2.89. The fourth-order valence-corrected chi connectivity index (χ4v) is 3.23. The molecule has 2 aliphatic rings. The summed E-state index contributed by atoms with van der Waals surface area (Å²) in [6.07, 6.45) is 5.68. The number of aromatic nitrogens is 1. The summed E-state index contributed by atoms with van der Waals surface area (Å²) in [6, 6.07) is 3.37. The molecule has 0 saturated carbocycles. The van der Waals surface area contributed by atoms with Crippen LogP contribution in [0.5, 0.6) is 0 Å². The first-order chi connectivity index (χ1) is 11.1. The van der Waals surface area contributed by atoms with Crippen LogP contribution >= 0.6 is 0 Å². The summed E-state index contributed by atoms with van der Waals surface area (Å²) in [5.74, 6) is 0.666. The van der Waals surface area contributed by atoms with Crippen LogP contribution in [0.4, 0.5) is 16.3 Å². The molecule has 0 aliphatic carbocycles. The number of hydrogen-bond donors (Lipinski definition) is 2. The largest absolute Gasteiger partial charge is 0.357 e. The van der Waals surface area contributed by atoms with E-state index in [-0.39, 0.29) is 11.8 Å². The number of anilines is 2. The minimum absolute atomic E-state index is 0.0772. The molecule has 1 aromatic rings. The van der Waals surface area contributed by atoms with Crippen LogP contribution in [0.2, 0.25) is 0 Å². The molecule has 0 radical (unpaired) electrons. The molecule has 2 saturated heterocycles. The molecule has 1 aromatic heterocycles. The molecule has 0 spiro atoms. The van der Waals surface area contributed by atoms with Gasteiger partial charge in [0.15, 0.2) is 0 Å². The van der Waals surface area contributed by atoms with Crippen LogP contribution < -0.4 is 16.0 Å². The number of amides is 3. The molecule has 124 valence electrons. The number of rotatable bonds is 3. The number of hydrogen-bond acceptors (Lipinski definition) is 4. The Morgan fingerprint density at radius 3 is 2.61 bits per heavy atom. The highest BCUT2D eigenvalue weighted by molar-refractivity contribution is 5.93. The molecule has 7 heteroatoms. The third kappa shape index (κ3) is 3.72. The quantitative estimate of drug-likeness (QED) is 0.882. The number of urea groups is 1. The lowest BCUT2D eigenvalue weighted by Crippen LogP contribution is -2.46. The third-order valence-electron chi connectivity index (χ3n) is 4.55. The van der Waals surface area contributed by atoms with E-state index >= 15 is 0 Å². The molecule has 0 bridgehead atoms. The Kier molecular flexibility index (Phi) is 4.64. The van der Waals surface area contributed by atoms with Crippen molar-refractivity contribution in [1.29, 1.82) is 0 Å². The van der Waals surface area contributed by atoms with E-state index in [9.17, 15) is 9.59 Å². The number of carbonyl (C=O) groups excluding carboxylic acids is 2. The molecule has 2 fully saturated rings. The fourth-order valence-electron chi connectivity index (χ4n) is 3.23. The number of nitrogens with two attached hydrogens (primary N) is 1. The van der Waals surface area contributed by atoms with Crippen LogP contribution in [0.1, 0.15) is 25.7 Å². The third-order valence-corrected chi connectivity index (χ3v) is 4.55. The van der Waals surface area contributed by atoms with Crippen molar-refractivity contribution in [3.05, 3.63) is 18.3 Å². The number of nitrogens with zero attached hydrogens (tertiary/aromatic N) is 3. The van der Waals surface area contributed by atoms with E-state index in [1.54, 1.807) is 6.20 Å². The normalized spacial score (nSPS) is 21.3. The van der Waals surface area contributed by atoms with Crippen molar-refractivity contribution >= 4 is 23.4 Å². The Hall–Kier alpha value is -2.31. The zero-order valence-corrected chi connectivity index (χ0v) is 13.2. The molecular weight excluding hydrogens is 294 g/mol. The maximum Gasteiger partial charge on any atom is 0.314 e. The average molecular weight is 317 g/mol. The molecular formula is C16H23N5O2. The van der Waals surface area contributed by atoms with Crippen LogP contribution in [0.3, 0.4) is 0 Å². The van der Waals surface area contributed by atoms with Gasteiger partial charge in [0.1, 0.15) is 5.82 Å². The number of primary amides is 1. The lowest BCUT2D eigenvalue weighted by Gasteiger charge is -2.30. The molecule has 23 heavy (non-hydrogen) atoms. The van der Waals surface area contributed by atoms with E-state index in [2.05, 4.69) is 15.2 Å². The van der Waals surface area contributed by atoms with Crippen molar-refractivity contribution in [2.24, 2.45) is 11.7 Å². The molecule has 1 atom stereocenters. The van der Waals surface area contributed by atoms with E-state index in [0.717, 1.165) is 31.7 Å². The Balaban J connectivity index is 1.57. The van der Waals surface area contributed by atoms with Crippen molar-refractivity contribution in [2.45, 2.75) is 25.7 Å². The predicted octanol–water partition coefficient (Wildman–Crippen LogP) is 1.41. The van der Waals surface area contributed by atoms with E-state index in [1.165, 1.54) is 17.7 Å². The minimum atomic E-state index is -0.459. The molecule has 0 aromatic carbocycles. The Labute approximate surface area is 135 Å². The van der Waals surface area contributed by atoms with E-state index < -0.39 is 6.03 Å². The van der Waals surface area contributed by atoms with Crippen molar-refractivity contribution in [3.63, 3.8) is 0 Å². The van der Waals surface area contributed by atoms with Gasteiger partial charge >= 0.3 is 6.03 Å². The zero-order valence-electron chi connectivity index (χ0n) is 13.2. The molecule has 7 nitrogen and oxygen atoms in total. The van der Waals surface area contributed by atoms with Crippen LogP contribution in [0, 0.1) is 5.92 Å². The first-order valence-electron chi connectivity index (χ1n) is 8.20. The Bertz CT molecular complexity index is 568. The molecule has 3 heterocycles. The second-order valence-electron chi connectivity index (χ2n) is 6.21. The van der Waals surface area contributed by atoms with Gasteiger partial charge in [-0.1, -0.05) is 0 Å². The number of carbonyl (C=O) groups is 2. The SMILES string of the molecule is NC(=O)N1CCC[C@H](C(=O)Nc2ccc(N3CCCC3)nc2)C1. The Morgan fingerprint density at radius 2 is 1.96 bits per heavy atom. The summed E-state index contributed by atoms with van der Waals surface area (Å²) >= 11 is 0. The number of piperidine rings is 1. The first kappa shape index (κ1) is 15.6. The number of likely N-dealkylation sites (tertiary alicyclic amines) is 1. The average Bonchev–Trinajstić information content (AvgIpc) is 3.10. The standard InChI is InChI=1S/C16H23N5O2/c17-16(23)21-9-3-4-12(11-21)15(22)19-13-5-6-14(18-10-13)20-7-1-2-8-20/h5-6,10,12H,1-4,7-9,11H2,(H2,17,23)(H,19,22)/t12-/m0/s1. The smallest absolute Gasteiger partial charge is 0.314 e. The molecule has 3 amide bonds. The van der Waals surface area contributed by atoms with Gasteiger partial charge in [-0.15, -0.1) is 0 Å². The van der Waals surface area contributed by atoms with Crippen LogP contribution in [-0.2, 0) is 4.79 Å². The van der Waals surface area contributed by atoms with Crippen molar-refractivity contribution < 1.29 is 9.59 Å². The van der Waals surface area contributed by atoms with Crippen LogP contribution in [-0.4, -0.2) is 48.0 Å². The second kappa shape index (κ2) is 6.85. The highest BCUT2D eigenvalue weighted by Gasteiger charge is 2.27. The Morgan fingerprint density at radius 1 is 1.17 bits per heavy atom. The van der Waals surface area contributed by atoms with E-state index in [4.69, 9.17) is 5.73 Å².